The van der Waals surface area contributed by atoms with Crippen LogP contribution < -0.4 is 10.9 Å². The van der Waals surface area contributed by atoms with Crippen molar-refractivity contribution in [3.8, 4) is 11.4 Å². The van der Waals surface area contributed by atoms with E-state index in [9.17, 15) is 29.0 Å². The molecule has 2 aromatic heterocycles. The van der Waals surface area contributed by atoms with Gasteiger partial charge >= 0.3 is 5.97 Å². The first-order valence-electron chi connectivity index (χ1n) is 14.1. The summed E-state index contributed by atoms with van der Waals surface area (Å²) in [6, 6.07) is 7.70. The van der Waals surface area contributed by atoms with Crippen molar-refractivity contribution < 1.29 is 33.3 Å². The lowest BCUT2D eigenvalue weighted by atomic mass is 9.81. The number of esters is 1. The first kappa shape index (κ1) is 27.4. The predicted octanol–water partition coefficient (Wildman–Crippen LogP) is 3.50. The van der Waals surface area contributed by atoms with Crippen LogP contribution in [0.5, 0.6) is 0 Å². The second-order valence-corrected chi connectivity index (χ2v) is 11.3. The summed E-state index contributed by atoms with van der Waals surface area (Å²) in [4.78, 5) is 44.3. The van der Waals surface area contributed by atoms with E-state index in [0.717, 1.165) is 11.6 Å². The molecule has 0 bridgehead atoms. The van der Waals surface area contributed by atoms with Gasteiger partial charge in [0.25, 0.3) is 11.5 Å². The summed E-state index contributed by atoms with van der Waals surface area (Å²) in [5.41, 5.74) is 1.19. The zero-order valence-corrected chi connectivity index (χ0v) is 23.3. The summed E-state index contributed by atoms with van der Waals surface area (Å²) >= 11 is 0. The number of aryl methyl sites for hydroxylation is 1. The van der Waals surface area contributed by atoms with E-state index in [4.69, 9.17) is 9.72 Å². The molecule has 3 atom stereocenters. The first-order valence-corrected chi connectivity index (χ1v) is 14.1. The van der Waals surface area contributed by atoms with Gasteiger partial charge in [0.1, 0.15) is 18.2 Å². The molecule has 4 heterocycles. The number of carbonyl (C=O) groups excluding carboxylic acids is 2. The minimum Gasteiger partial charge on any atom is -0.458 e. The molecule has 1 unspecified atom stereocenters. The lowest BCUT2D eigenvalue weighted by Gasteiger charge is -2.31. The molecule has 0 saturated carbocycles. The minimum atomic E-state index is -2.01. The molecule has 9 nitrogen and oxygen atoms in total. The normalized spacial score (nSPS) is 20.7. The Bertz CT molecular complexity index is 1970. The highest BCUT2D eigenvalue weighted by Crippen LogP contribution is 2.46. The molecule has 11 heteroatoms. The van der Waals surface area contributed by atoms with Crippen LogP contribution in [0.15, 0.2) is 41.2 Å². The van der Waals surface area contributed by atoms with Gasteiger partial charge in [0.2, 0.25) is 0 Å². The number of fused-ring (bicyclic) bond motifs is 5. The van der Waals surface area contributed by atoms with Crippen LogP contribution in [0.25, 0.3) is 22.3 Å². The van der Waals surface area contributed by atoms with Crippen LogP contribution >= 0.6 is 0 Å². The average molecular weight is 588 g/mol. The number of aliphatic hydroxyl groups excluding tert-OH is 1. The van der Waals surface area contributed by atoms with Crippen molar-refractivity contribution in [3.63, 3.8) is 0 Å². The smallest absolute Gasteiger partial charge is 0.343 e. The largest absolute Gasteiger partial charge is 0.458 e. The van der Waals surface area contributed by atoms with E-state index in [1.54, 1.807) is 19.9 Å². The van der Waals surface area contributed by atoms with Crippen LogP contribution in [-0.2, 0) is 39.5 Å². The Morgan fingerprint density at radius 2 is 1.95 bits per heavy atom. The Morgan fingerprint density at radius 1 is 1.19 bits per heavy atom. The van der Waals surface area contributed by atoms with Crippen LogP contribution in [0, 0.1) is 18.6 Å². The van der Waals surface area contributed by atoms with Crippen LogP contribution in [0.3, 0.4) is 0 Å². The number of carbonyl (C=O) groups is 2. The molecule has 0 fully saturated rings. The highest BCUT2D eigenvalue weighted by atomic mass is 19.1. The van der Waals surface area contributed by atoms with Gasteiger partial charge in [-0.05, 0) is 55.0 Å². The van der Waals surface area contributed by atoms with Gasteiger partial charge in [-0.25, -0.2) is 18.6 Å². The monoisotopic (exact) mass is 587 g/mol. The molecule has 3 N–H and O–H groups in total. The molecule has 0 radical (unpaired) electrons. The number of amides is 1. The molecule has 7 rings (SSSR count). The van der Waals surface area contributed by atoms with Gasteiger partial charge in [-0.1, -0.05) is 25.1 Å². The number of halogens is 2. The third-order valence-electron chi connectivity index (χ3n) is 9.14. The molecule has 220 valence electrons. The van der Waals surface area contributed by atoms with Gasteiger partial charge < -0.3 is 24.8 Å². The summed E-state index contributed by atoms with van der Waals surface area (Å²) < 4.78 is 36.1. The van der Waals surface area contributed by atoms with Crippen LogP contribution in [-0.4, -0.2) is 31.6 Å². The first-order chi connectivity index (χ1) is 20.5. The number of benzene rings is 2. The number of rotatable bonds is 4. The lowest BCUT2D eigenvalue weighted by Crippen LogP contribution is -2.44. The number of pyridine rings is 2. The fraction of sp³-hybridized carbons (Fsp3) is 0.312. The van der Waals surface area contributed by atoms with Crippen molar-refractivity contribution in [2.45, 2.75) is 64.0 Å². The second kappa shape index (κ2) is 9.51. The van der Waals surface area contributed by atoms with Crippen LogP contribution in [0.4, 0.5) is 8.78 Å². The quantitative estimate of drug-likeness (QED) is 0.275. The Balaban J connectivity index is 1.42. The third kappa shape index (κ3) is 3.81. The number of ether oxygens (including phenoxy) is 1. The Labute approximate surface area is 243 Å². The number of nitrogens with one attached hydrogen (secondary N) is 1. The SMILES string of the molecule is CC[C@@]1(O)C(=O)OCc2c1cc1n(c2=O)Cc2c-1nc1cc(F)c(C)c3c1c2[C@@H](NC(=O)C(O)c1ccccc1F)CC3. The summed E-state index contributed by atoms with van der Waals surface area (Å²) in [6.07, 6.45) is -1.01. The van der Waals surface area contributed by atoms with Crippen LogP contribution in [0.2, 0.25) is 0 Å². The zero-order chi connectivity index (χ0) is 30.4. The van der Waals surface area contributed by atoms with Gasteiger partial charge in [-0.2, -0.15) is 0 Å². The maximum atomic E-state index is 15.1. The molecule has 2 aromatic carbocycles. The Hall–Kier alpha value is -4.48. The molecule has 0 spiro atoms. The van der Waals surface area contributed by atoms with E-state index in [0.29, 0.717) is 51.8 Å². The van der Waals surface area contributed by atoms with Gasteiger partial charge in [0.05, 0.1) is 35.1 Å². The van der Waals surface area contributed by atoms with E-state index < -0.39 is 46.8 Å². The second-order valence-electron chi connectivity index (χ2n) is 11.3. The minimum absolute atomic E-state index is 0.0166. The van der Waals surface area contributed by atoms with Gasteiger partial charge in [0, 0.05) is 28.1 Å². The highest BCUT2D eigenvalue weighted by Gasteiger charge is 2.46. The average Bonchev–Trinajstić information content (AvgIpc) is 3.37. The van der Waals surface area contributed by atoms with Crippen molar-refractivity contribution in [2.24, 2.45) is 0 Å². The van der Waals surface area contributed by atoms with Crippen molar-refractivity contribution in [1.29, 1.82) is 0 Å². The van der Waals surface area contributed by atoms with E-state index >= 15 is 4.39 Å². The Morgan fingerprint density at radius 3 is 2.70 bits per heavy atom. The van der Waals surface area contributed by atoms with E-state index in [2.05, 4.69) is 5.32 Å². The molecule has 1 amide bonds. The van der Waals surface area contributed by atoms with Gasteiger partial charge in [0.15, 0.2) is 11.7 Å². The van der Waals surface area contributed by atoms with Crippen molar-refractivity contribution >= 4 is 22.8 Å². The summed E-state index contributed by atoms with van der Waals surface area (Å²) in [7, 11) is 0. The maximum absolute atomic E-state index is 15.1. The number of cyclic esters (lactones) is 1. The van der Waals surface area contributed by atoms with Crippen LogP contribution in [0.1, 0.15) is 70.9 Å². The summed E-state index contributed by atoms with van der Waals surface area (Å²) in [5, 5.41) is 25.5. The van der Waals surface area contributed by atoms with Gasteiger partial charge in [-0.3, -0.25) is 9.59 Å². The molecular weight excluding hydrogens is 560 g/mol. The zero-order valence-electron chi connectivity index (χ0n) is 23.3. The topological polar surface area (TPSA) is 131 Å². The Kier molecular flexibility index (Phi) is 6.05. The lowest BCUT2D eigenvalue weighted by molar-refractivity contribution is -0.172. The molecule has 3 aliphatic rings. The molecule has 4 aromatic rings. The maximum Gasteiger partial charge on any atom is 0.343 e. The van der Waals surface area contributed by atoms with Crippen molar-refractivity contribution in [2.75, 3.05) is 0 Å². The molecular formula is C32H27F2N3O6. The van der Waals surface area contributed by atoms with Gasteiger partial charge in [-0.15, -0.1) is 0 Å². The highest BCUT2D eigenvalue weighted by molar-refractivity contribution is 5.94. The molecule has 1 aliphatic carbocycles. The van der Waals surface area contributed by atoms with E-state index in [1.807, 2.05) is 0 Å². The van der Waals surface area contributed by atoms with Crippen molar-refractivity contribution in [3.05, 3.63) is 97.3 Å². The number of aliphatic hydroxyl groups is 2. The fourth-order valence-corrected chi connectivity index (χ4v) is 6.79. The number of aromatic nitrogens is 2. The summed E-state index contributed by atoms with van der Waals surface area (Å²) in [5.74, 6) is -2.80. The van der Waals surface area contributed by atoms with E-state index in [1.165, 1.54) is 28.8 Å². The summed E-state index contributed by atoms with van der Waals surface area (Å²) in [6.45, 7) is 3.08. The molecule has 0 saturated heterocycles. The van der Waals surface area contributed by atoms with E-state index in [-0.39, 0.29) is 36.3 Å². The number of nitrogens with zero attached hydrogens (tertiary/aromatic N) is 2. The standard InChI is InChI=1S/C32H27F2N3O6/c1-3-32(42)19-10-24-27-17(12-37(24)30(40)18(19)13-43-31(32)41)26-22(36-29(39)28(38)16-6-4-5-7-20(16)33)9-8-15-14(2)21(34)11-23(35-27)25(15)26/h4-7,10-11,22,28,38,42H,3,8-9,12-13H2,1-2H3,(H,36,39)/t22-,28?,32-/m0/s1. The molecule has 43 heavy (non-hydrogen) atoms. The van der Waals surface area contributed by atoms with Crippen molar-refractivity contribution in [1.82, 2.24) is 14.9 Å². The third-order valence-corrected chi connectivity index (χ3v) is 9.14. The molecule has 2 aliphatic heterocycles. The predicted molar refractivity (Wildman–Crippen MR) is 150 cm³/mol. The number of hydrogen-bond acceptors (Lipinski definition) is 7. The fourth-order valence-electron chi connectivity index (χ4n) is 6.79. The number of hydrogen-bond donors (Lipinski definition) is 3.